The fraction of sp³-hybridized carbons (Fsp3) is 0.333. The van der Waals surface area contributed by atoms with E-state index >= 15 is 0 Å². The molecule has 2 amide bonds. The quantitative estimate of drug-likeness (QED) is 0.789. The van der Waals surface area contributed by atoms with Gasteiger partial charge in [0.1, 0.15) is 5.00 Å². The van der Waals surface area contributed by atoms with Crippen LogP contribution < -0.4 is 11.1 Å². The van der Waals surface area contributed by atoms with Crippen molar-refractivity contribution in [2.24, 2.45) is 11.7 Å². The third-order valence-corrected chi connectivity index (χ3v) is 6.38. The number of nitrogens with two attached hydrogens (primary N) is 1. The number of carbonyl (C=O) groups excluding carboxylic acids is 2. The summed E-state index contributed by atoms with van der Waals surface area (Å²) < 4.78 is 0. The van der Waals surface area contributed by atoms with Gasteiger partial charge in [-0.3, -0.25) is 9.59 Å². The van der Waals surface area contributed by atoms with E-state index in [4.69, 9.17) is 5.73 Å². The van der Waals surface area contributed by atoms with E-state index in [-0.39, 0.29) is 5.91 Å². The summed E-state index contributed by atoms with van der Waals surface area (Å²) in [7, 11) is 0. The number of anilines is 1. The fourth-order valence-corrected chi connectivity index (χ4v) is 5.04. The minimum absolute atomic E-state index is 0.239. The first-order valence-electron chi connectivity index (χ1n) is 8.05. The Morgan fingerprint density at radius 2 is 2.29 bits per heavy atom. The number of rotatable bonds is 5. The van der Waals surface area contributed by atoms with Gasteiger partial charge < -0.3 is 11.1 Å². The molecule has 3 N–H and O–H groups in total. The van der Waals surface area contributed by atoms with Gasteiger partial charge in [-0.1, -0.05) is 19.4 Å². The van der Waals surface area contributed by atoms with Crippen molar-refractivity contribution in [2.45, 2.75) is 32.6 Å². The van der Waals surface area contributed by atoms with Crippen LogP contribution in [0.4, 0.5) is 5.00 Å². The van der Waals surface area contributed by atoms with Gasteiger partial charge in [0.25, 0.3) is 5.91 Å². The van der Waals surface area contributed by atoms with Gasteiger partial charge in [0.2, 0.25) is 5.91 Å². The van der Waals surface area contributed by atoms with E-state index < -0.39 is 5.91 Å². The lowest BCUT2D eigenvalue weighted by Gasteiger charge is -2.20. The molecule has 0 aromatic carbocycles. The Morgan fingerprint density at radius 1 is 1.46 bits per heavy atom. The first-order valence-corrected chi connectivity index (χ1v) is 9.75. The van der Waals surface area contributed by atoms with Crippen LogP contribution in [0.3, 0.4) is 0 Å². The summed E-state index contributed by atoms with van der Waals surface area (Å²) in [5, 5.41) is 5.39. The summed E-state index contributed by atoms with van der Waals surface area (Å²) in [5.41, 5.74) is 7.12. The van der Waals surface area contributed by atoms with Gasteiger partial charge in [0, 0.05) is 15.8 Å². The topological polar surface area (TPSA) is 72.2 Å². The minimum Gasteiger partial charge on any atom is -0.365 e. The van der Waals surface area contributed by atoms with Crippen LogP contribution in [0, 0.1) is 5.92 Å². The van der Waals surface area contributed by atoms with Gasteiger partial charge in [-0.15, -0.1) is 22.7 Å². The fourth-order valence-electron chi connectivity index (χ4n) is 3.05. The molecule has 6 heteroatoms. The van der Waals surface area contributed by atoms with E-state index in [9.17, 15) is 9.59 Å². The van der Waals surface area contributed by atoms with Crippen molar-refractivity contribution in [3.8, 4) is 0 Å². The normalized spacial score (nSPS) is 17.0. The number of nitrogens with one attached hydrogen (secondary N) is 1. The molecule has 0 saturated carbocycles. The molecule has 2 aromatic rings. The highest BCUT2D eigenvalue weighted by molar-refractivity contribution is 7.17. The number of amides is 2. The van der Waals surface area contributed by atoms with Crippen LogP contribution in [0.25, 0.3) is 6.08 Å². The Hall–Kier alpha value is -1.92. The largest absolute Gasteiger partial charge is 0.365 e. The van der Waals surface area contributed by atoms with Crippen LogP contribution in [0.15, 0.2) is 23.6 Å². The van der Waals surface area contributed by atoms with Crippen molar-refractivity contribution in [3.05, 3.63) is 44.5 Å². The Labute approximate surface area is 149 Å². The van der Waals surface area contributed by atoms with Crippen molar-refractivity contribution >= 4 is 45.6 Å². The molecule has 126 valence electrons. The molecule has 24 heavy (non-hydrogen) atoms. The average Bonchev–Trinajstić information content (AvgIpc) is 3.19. The van der Waals surface area contributed by atoms with Crippen LogP contribution in [-0.4, -0.2) is 11.8 Å². The summed E-state index contributed by atoms with van der Waals surface area (Å²) in [5.74, 6) is -0.0457. The van der Waals surface area contributed by atoms with E-state index in [0.29, 0.717) is 16.5 Å². The molecule has 0 spiro atoms. The standard InChI is InChI=1S/C18H20N2O2S2/c1-2-11-5-7-13-14(10-11)24-18(16(13)17(19)22)20-15(21)8-6-12-4-3-9-23-12/h3-4,6,8-9,11H,2,5,7,10H2,1H3,(H2,19,22)(H,20,21)/b8-6+. The van der Waals surface area contributed by atoms with E-state index in [2.05, 4.69) is 12.2 Å². The number of thiophene rings is 2. The SMILES string of the molecule is CCC1CCc2c(sc(NC(=O)/C=C/c3cccs3)c2C(N)=O)C1. The van der Waals surface area contributed by atoms with E-state index in [1.165, 1.54) is 22.3 Å². The first-order chi connectivity index (χ1) is 11.6. The van der Waals surface area contributed by atoms with Gasteiger partial charge in [-0.2, -0.15) is 0 Å². The molecular weight excluding hydrogens is 340 g/mol. The van der Waals surface area contributed by atoms with Gasteiger partial charge >= 0.3 is 0 Å². The van der Waals surface area contributed by atoms with Gasteiger partial charge in [0.05, 0.1) is 5.56 Å². The monoisotopic (exact) mass is 360 g/mol. The van der Waals surface area contributed by atoms with Gasteiger partial charge in [-0.05, 0) is 48.3 Å². The molecule has 1 unspecified atom stereocenters. The molecule has 1 aliphatic carbocycles. The van der Waals surface area contributed by atoms with Crippen LogP contribution in [0.1, 0.15) is 45.4 Å². The highest BCUT2D eigenvalue weighted by Gasteiger charge is 2.27. The van der Waals surface area contributed by atoms with Crippen molar-refractivity contribution in [1.82, 2.24) is 0 Å². The molecule has 1 aliphatic rings. The lowest BCUT2D eigenvalue weighted by atomic mass is 9.85. The number of hydrogen-bond donors (Lipinski definition) is 2. The van der Waals surface area contributed by atoms with Crippen molar-refractivity contribution in [3.63, 3.8) is 0 Å². The van der Waals surface area contributed by atoms with Crippen LogP contribution in [0.5, 0.6) is 0 Å². The predicted octanol–water partition coefficient (Wildman–Crippen LogP) is 4.08. The second-order valence-corrected chi connectivity index (χ2v) is 8.01. The number of primary amides is 1. The molecule has 2 heterocycles. The summed E-state index contributed by atoms with van der Waals surface area (Å²) in [6.45, 7) is 2.19. The van der Waals surface area contributed by atoms with Crippen molar-refractivity contribution < 1.29 is 9.59 Å². The lowest BCUT2D eigenvalue weighted by molar-refractivity contribution is -0.111. The molecule has 0 radical (unpaired) electrons. The molecule has 0 aliphatic heterocycles. The third kappa shape index (κ3) is 3.60. The van der Waals surface area contributed by atoms with E-state index in [1.54, 1.807) is 17.4 Å². The minimum atomic E-state index is -0.458. The number of fused-ring (bicyclic) bond motifs is 1. The molecule has 0 fully saturated rings. The van der Waals surface area contributed by atoms with Crippen molar-refractivity contribution in [2.75, 3.05) is 5.32 Å². The van der Waals surface area contributed by atoms with Crippen LogP contribution >= 0.6 is 22.7 Å². The second kappa shape index (κ2) is 7.32. The second-order valence-electron chi connectivity index (χ2n) is 5.93. The third-order valence-electron chi connectivity index (χ3n) is 4.37. The molecule has 4 nitrogen and oxygen atoms in total. The number of hydrogen-bond acceptors (Lipinski definition) is 4. The Balaban J connectivity index is 1.81. The summed E-state index contributed by atoms with van der Waals surface area (Å²) >= 11 is 3.06. The van der Waals surface area contributed by atoms with Gasteiger partial charge in [0.15, 0.2) is 0 Å². The molecular formula is C18H20N2O2S2. The molecule has 1 atom stereocenters. The maximum atomic E-state index is 12.2. The molecule has 0 bridgehead atoms. The molecule has 2 aromatic heterocycles. The zero-order chi connectivity index (χ0) is 17.1. The Morgan fingerprint density at radius 3 is 2.96 bits per heavy atom. The Bertz CT molecular complexity index is 775. The maximum Gasteiger partial charge on any atom is 0.251 e. The van der Waals surface area contributed by atoms with Crippen molar-refractivity contribution in [1.29, 1.82) is 0 Å². The zero-order valence-electron chi connectivity index (χ0n) is 13.5. The Kier molecular flexibility index (Phi) is 5.16. The number of carbonyl (C=O) groups is 2. The highest BCUT2D eigenvalue weighted by atomic mass is 32.1. The highest BCUT2D eigenvalue weighted by Crippen LogP contribution is 2.40. The molecule has 3 rings (SSSR count). The predicted molar refractivity (Wildman–Crippen MR) is 101 cm³/mol. The van der Waals surface area contributed by atoms with E-state index in [0.717, 1.165) is 36.1 Å². The van der Waals surface area contributed by atoms with E-state index in [1.807, 2.05) is 17.5 Å². The first kappa shape index (κ1) is 16.9. The van der Waals surface area contributed by atoms with Crippen LogP contribution in [-0.2, 0) is 17.6 Å². The van der Waals surface area contributed by atoms with Gasteiger partial charge in [-0.25, -0.2) is 0 Å². The molecule has 0 saturated heterocycles. The smallest absolute Gasteiger partial charge is 0.251 e. The summed E-state index contributed by atoms with van der Waals surface area (Å²) in [4.78, 5) is 26.3. The lowest BCUT2D eigenvalue weighted by Crippen LogP contribution is -2.19. The maximum absolute atomic E-state index is 12.2. The average molecular weight is 361 g/mol. The summed E-state index contributed by atoms with van der Waals surface area (Å²) in [6.07, 6.45) is 7.30. The van der Waals surface area contributed by atoms with Crippen LogP contribution in [0.2, 0.25) is 0 Å². The summed E-state index contributed by atoms with van der Waals surface area (Å²) in [6, 6.07) is 3.88. The zero-order valence-corrected chi connectivity index (χ0v) is 15.1.